The molecular formula is C17H29NO3. The van der Waals surface area contributed by atoms with Gasteiger partial charge in [0.15, 0.2) is 11.5 Å². The Kier molecular flexibility index (Phi) is 8.16. The van der Waals surface area contributed by atoms with Gasteiger partial charge in [0, 0.05) is 26.2 Å². The van der Waals surface area contributed by atoms with Crippen molar-refractivity contribution in [3.8, 4) is 11.5 Å². The Morgan fingerprint density at radius 3 is 2.57 bits per heavy atom. The van der Waals surface area contributed by atoms with Crippen LogP contribution in [0.4, 0.5) is 0 Å². The van der Waals surface area contributed by atoms with E-state index in [4.69, 9.17) is 19.9 Å². The van der Waals surface area contributed by atoms with Crippen molar-refractivity contribution in [2.45, 2.75) is 52.2 Å². The molecule has 2 atom stereocenters. The van der Waals surface area contributed by atoms with Crippen LogP contribution < -0.4 is 15.2 Å². The lowest BCUT2D eigenvalue weighted by molar-refractivity contribution is 0.132. The third-order valence-corrected chi connectivity index (χ3v) is 3.39. The zero-order valence-corrected chi connectivity index (χ0v) is 13.7. The fraction of sp³-hybridized carbons (Fsp3) is 0.647. The highest BCUT2D eigenvalue weighted by Crippen LogP contribution is 2.30. The normalized spacial score (nSPS) is 13.8. The van der Waals surface area contributed by atoms with Crippen LogP contribution >= 0.6 is 0 Å². The predicted molar refractivity (Wildman–Crippen MR) is 86.2 cm³/mol. The SMILES string of the molecule is CCOc1cc(CC(N)CC)ccc1OC(C)CCOC. The summed E-state index contributed by atoms with van der Waals surface area (Å²) in [5, 5.41) is 0. The molecule has 0 aliphatic carbocycles. The first-order chi connectivity index (χ1) is 10.1. The van der Waals surface area contributed by atoms with Gasteiger partial charge in [-0.25, -0.2) is 0 Å². The third kappa shape index (κ3) is 6.36. The molecule has 0 bridgehead atoms. The van der Waals surface area contributed by atoms with Crippen LogP contribution in [0.2, 0.25) is 0 Å². The molecule has 1 aromatic carbocycles. The largest absolute Gasteiger partial charge is 0.490 e. The van der Waals surface area contributed by atoms with E-state index in [0.29, 0.717) is 13.2 Å². The lowest BCUT2D eigenvalue weighted by atomic mass is 10.0. The van der Waals surface area contributed by atoms with E-state index in [0.717, 1.165) is 30.8 Å². The topological polar surface area (TPSA) is 53.7 Å². The van der Waals surface area contributed by atoms with E-state index in [1.807, 2.05) is 26.0 Å². The summed E-state index contributed by atoms with van der Waals surface area (Å²) in [7, 11) is 1.70. The molecule has 120 valence electrons. The summed E-state index contributed by atoms with van der Waals surface area (Å²) in [5.41, 5.74) is 7.20. The van der Waals surface area contributed by atoms with Gasteiger partial charge in [0.1, 0.15) is 0 Å². The minimum Gasteiger partial charge on any atom is -0.490 e. The summed E-state index contributed by atoms with van der Waals surface area (Å²) < 4.78 is 16.7. The Hall–Kier alpha value is -1.26. The second-order valence-corrected chi connectivity index (χ2v) is 5.30. The summed E-state index contributed by atoms with van der Waals surface area (Å²) in [6.45, 7) is 7.42. The molecule has 1 rings (SSSR count). The fourth-order valence-corrected chi connectivity index (χ4v) is 2.05. The molecule has 21 heavy (non-hydrogen) atoms. The quantitative estimate of drug-likeness (QED) is 0.720. The summed E-state index contributed by atoms with van der Waals surface area (Å²) in [4.78, 5) is 0. The molecule has 1 aromatic rings. The lowest BCUT2D eigenvalue weighted by Gasteiger charge is -2.18. The smallest absolute Gasteiger partial charge is 0.161 e. The van der Waals surface area contributed by atoms with Crippen molar-refractivity contribution in [3.63, 3.8) is 0 Å². The van der Waals surface area contributed by atoms with E-state index in [2.05, 4.69) is 13.0 Å². The summed E-state index contributed by atoms with van der Waals surface area (Å²) in [5.74, 6) is 1.58. The molecule has 0 aliphatic heterocycles. The van der Waals surface area contributed by atoms with Crippen molar-refractivity contribution >= 4 is 0 Å². The van der Waals surface area contributed by atoms with Crippen molar-refractivity contribution in [2.75, 3.05) is 20.3 Å². The molecule has 4 heteroatoms. The fourth-order valence-electron chi connectivity index (χ4n) is 2.05. The molecular weight excluding hydrogens is 266 g/mol. The van der Waals surface area contributed by atoms with Gasteiger partial charge in [-0.3, -0.25) is 0 Å². The zero-order chi connectivity index (χ0) is 15.7. The molecule has 0 spiro atoms. The second kappa shape index (κ2) is 9.64. The molecule has 0 saturated heterocycles. The van der Waals surface area contributed by atoms with E-state index >= 15 is 0 Å². The molecule has 2 unspecified atom stereocenters. The highest BCUT2D eigenvalue weighted by atomic mass is 16.5. The van der Waals surface area contributed by atoms with Crippen LogP contribution in [0.15, 0.2) is 18.2 Å². The molecule has 4 nitrogen and oxygen atoms in total. The van der Waals surface area contributed by atoms with Crippen LogP contribution in [0.25, 0.3) is 0 Å². The molecule has 0 saturated carbocycles. The number of rotatable bonds is 10. The van der Waals surface area contributed by atoms with E-state index < -0.39 is 0 Å². The minimum absolute atomic E-state index is 0.0907. The van der Waals surface area contributed by atoms with E-state index in [1.165, 1.54) is 5.56 Å². The van der Waals surface area contributed by atoms with Crippen LogP contribution in [-0.4, -0.2) is 32.5 Å². The van der Waals surface area contributed by atoms with Gasteiger partial charge in [0.05, 0.1) is 12.7 Å². The maximum Gasteiger partial charge on any atom is 0.161 e. The molecule has 0 amide bonds. The lowest BCUT2D eigenvalue weighted by Crippen LogP contribution is -2.21. The van der Waals surface area contributed by atoms with E-state index in [-0.39, 0.29) is 12.1 Å². The van der Waals surface area contributed by atoms with Crippen molar-refractivity contribution in [3.05, 3.63) is 23.8 Å². The number of hydrogen-bond acceptors (Lipinski definition) is 4. The van der Waals surface area contributed by atoms with Crippen LogP contribution in [0.5, 0.6) is 11.5 Å². The first-order valence-electron chi connectivity index (χ1n) is 7.77. The van der Waals surface area contributed by atoms with E-state index in [9.17, 15) is 0 Å². The minimum atomic E-state index is 0.0907. The van der Waals surface area contributed by atoms with Crippen molar-refractivity contribution in [1.29, 1.82) is 0 Å². The molecule has 0 heterocycles. The first kappa shape index (κ1) is 17.8. The first-order valence-corrected chi connectivity index (χ1v) is 7.77. The van der Waals surface area contributed by atoms with Crippen molar-refractivity contribution in [1.82, 2.24) is 0 Å². The van der Waals surface area contributed by atoms with Gasteiger partial charge >= 0.3 is 0 Å². The number of methoxy groups -OCH3 is 1. The summed E-state index contributed by atoms with van der Waals surface area (Å²) >= 11 is 0. The standard InChI is InChI=1S/C17H29NO3/c1-5-15(18)11-14-7-8-16(17(12-14)20-6-2)21-13(3)9-10-19-4/h7-8,12-13,15H,5-6,9-11,18H2,1-4H3. The Morgan fingerprint density at radius 1 is 1.19 bits per heavy atom. The van der Waals surface area contributed by atoms with Crippen LogP contribution in [-0.2, 0) is 11.2 Å². The number of ether oxygens (including phenoxy) is 3. The van der Waals surface area contributed by atoms with Crippen LogP contribution in [0.3, 0.4) is 0 Å². The Labute approximate surface area is 128 Å². The van der Waals surface area contributed by atoms with Gasteiger partial charge in [0.25, 0.3) is 0 Å². The van der Waals surface area contributed by atoms with Gasteiger partial charge in [-0.2, -0.15) is 0 Å². The number of nitrogens with two attached hydrogens (primary N) is 1. The van der Waals surface area contributed by atoms with Crippen LogP contribution in [0.1, 0.15) is 39.2 Å². The zero-order valence-electron chi connectivity index (χ0n) is 13.7. The Balaban J connectivity index is 2.78. The van der Waals surface area contributed by atoms with E-state index in [1.54, 1.807) is 7.11 Å². The average molecular weight is 295 g/mol. The highest BCUT2D eigenvalue weighted by molar-refractivity contribution is 5.43. The highest BCUT2D eigenvalue weighted by Gasteiger charge is 2.11. The molecule has 0 radical (unpaired) electrons. The van der Waals surface area contributed by atoms with Gasteiger partial charge in [-0.15, -0.1) is 0 Å². The monoisotopic (exact) mass is 295 g/mol. The number of hydrogen-bond donors (Lipinski definition) is 1. The predicted octanol–water partition coefficient (Wildman–Crippen LogP) is 3.17. The second-order valence-electron chi connectivity index (χ2n) is 5.30. The molecule has 0 aliphatic rings. The molecule has 2 N–H and O–H groups in total. The van der Waals surface area contributed by atoms with Crippen molar-refractivity contribution in [2.24, 2.45) is 5.73 Å². The summed E-state index contributed by atoms with van der Waals surface area (Å²) in [6, 6.07) is 6.27. The molecule has 0 aromatic heterocycles. The average Bonchev–Trinajstić information content (AvgIpc) is 2.48. The van der Waals surface area contributed by atoms with Gasteiger partial charge < -0.3 is 19.9 Å². The van der Waals surface area contributed by atoms with Gasteiger partial charge in [0.2, 0.25) is 0 Å². The van der Waals surface area contributed by atoms with Gasteiger partial charge in [-0.05, 0) is 44.4 Å². The third-order valence-electron chi connectivity index (χ3n) is 3.39. The maximum atomic E-state index is 6.02. The Morgan fingerprint density at radius 2 is 1.95 bits per heavy atom. The summed E-state index contributed by atoms with van der Waals surface area (Å²) in [6.07, 6.45) is 2.77. The van der Waals surface area contributed by atoms with Crippen LogP contribution in [0, 0.1) is 0 Å². The molecule has 0 fully saturated rings. The Bertz CT molecular complexity index is 409. The number of benzene rings is 1. The maximum absolute atomic E-state index is 6.02. The van der Waals surface area contributed by atoms with Crippen molar-refractivity contribution < 1.29 is 14.2 Å². The van der Waals surface area contributed by atoms with Gasteiger partial charge in [-0.1, -0.05) is 13.0 Å².